The van der Waals surface area contributed by atoms with Crippen LogP contribution in [0.1, 0.15) is 39.9 Å². The second kappa shape index (κ2) is 5.73. The molecule has 2 heterocycles. The van der Waals surface area contributed by atoms with Crippen molar-refractivity contribution in [1.82, 2.24) is 14.8 Å². The second-order valence-electron chi connectivity index (χ2n) is 4.68. The fourth-order valence-corrected chi connectivity index (χ4v) is 3.94. The Morgan fingerprint density at radius 3 is 2.58 bits per heavy atom. The van der Waals surface area contributed by atoms with E-state index in [1.54, 1.807) is 11.3 Å². The van der Waals surface area contributed by atoms with E-state index in [0.29, 0.717) is 0 Å². The highest BCUT2D eigenvalue weighted by molar-refractivity contribution is 9.10. The summed E-state index contributed by atoms with van der Waals surface area (Å²) in [5.41, 5.74) is 9.62. The van der Waals surface area contributed by atoms with Crippen LogP contribution in [0.2, 0.25) is 0 Å². The van der Waals surface area contributed by atoms with E-state index in [1.807, 2.05) is 25.6 Å². The van der Waals surface area contributed by atoms with Crippen molar-refractivity contribution >= 4 is 27.3 Å². The summed E-state index contributed by atoms with van der Waals surface area (Å²) in [4.78, 5) is 5.61. The SMILES string of the molecule is CCc1nn(C)c(CC(N)c2sc(C)nc2C)c1Br. The summed E-state index contributed by atoms with van der Waals surface area (Å²) >= 11 is 5.32. The van der Waals surface area contributed by atoms with E-state index in [0.717, 1.165) is 39.4 Å². The van der Waals surface area contributed by atoms with Crippen LogP contribution in [0.25, 0.3) is 0 Å². The molecule has 1 unspecified atom stereocenters. The third kappa shape index (κ3) is 2.90. The van der Waals surface area contributed by atoms with Crippen molar-refractivity contribution in [2.45, 2.75) is 39.7 Å². The number of hydrogen-bond donors (Lipinski definition) is 1. The van der Waals surface area contributed by atoms with Crippen LogP contribution < -0.4 is 5.73 Å². The first-order chi connectivity index (χ1) is 8.93. The molecule has 0 spiro atoms. The van der Waals surface area contributed by atoms with Crippen molar-refractivity contribution in [3.05, 3.63) is 31.4 Å². The minimum atomic E-state index is -0.0254. The quantitative estimate of drug-likeness (QED) is 0.928. The molecule has 2 aromatic heterocycles. The van der Waals surface area contributed by atoms with Crippen LogP contribution in [-0.2, 0) is 19.9 Å². The average Bonchev–Trinajstić information content (AvgIpc) is 2.82. The Bertz CT molecular complexity index is 588. The molecule has 0 fully saturated rings. The summed E-state index contributed by atoms with van der Waals surface area (Å²) in [6, 6.07) is -0.0254. The molecule has 19 heavy (non-hydrogen) atoms. The Labute approximate surface area is 126 Å². The molecule has 0 aromatic carbocycles. The molecule has 2 rings (SSSR count). The van der Waals surface area contributed by atoms with Crippen molar-refractivity contribution < 1.29 is 0 Å². The molecular formula is C13H19BrN4S. The van der Waals surface area contributed by atoms with Crippen molar-refractivity contribution in [2.75, 3.05) is 0 Å². The Hall–Kier alpha value is -0.720. The lowest BCUT2D eigenvalue weighted by Crippen LogP contribution is -2.15. The number of rotatable bonds is 4. The van der Waals surface area contributed by atoms with Gasteiger partial charge < -0.3 is 5.73 Å². The Morgan fingerprint density at radius 1 is 1.42 bits per heavy atom. The van der Waals surface area contributed by atoms with E-state index < -0.39 is 0 Å². The molecule has 0 bridgehead atoms. The topological polar surface area (TPSA) is 56.7 Å². The highest BCUT2D eigenvalue weighted by Gasteiger charge is 2.19. The predicted molar refractivity (Wildman–Crippen MR) is 82.5 cm³/mol. The molecule has 1 atom stereocenters. The normalized spacial score (nSPS) is 12.9. The standard InChI is InChI=1S/C13H19BrN4S/c1-5-10-12(14)11(18(4)17-10)6-9(15)13-7(2)16-8(3)19-13/h9H,5-6,15H2,1-4H3. The first-order valence-corrected chi connectivity index (χ1v) is 7.94. The number of thiazole rings is 1. The van der Waals surface area contributed by atoms with Crippen LogP contribution in [0.3, 0.4) is 0 Å². The van der Waals surface area contributed by atoms with Gasteiger partial charge in [0.1, 0.15) is 0 Å². The molecule has 0 aliphatic rings. The van der Waals surface area contributed by atoms with E-state index in [1.165, 1.54) is 4.88 Å². The van der Waals surface area contributed by atoms with Crippen molar-refractivity contribution in [2.24, 2.45) is 12.8 Å². The maximum Gasteiger partial charge on any atom is 0.0900 e. The molecule has 0 saturated carbocycles. The smallest absolute Gasteiger partial charge is 0.0900 e. The monoisotopic (exact) mass is 342 g/mol. The predicted octanol–water partition coefficient (Wildman–Crippen LogP) is 3.06. The van der Waals surface area contributed by atoms with Gasteiger partial charge in [-0.15, -0.1) is 11.3 Å². The summed E-state index contributed by atoms with van der Waals surface area (Å²) < 4.78 is 3.01. The lowest BCUT2D eigenvalue weighted by molar-refractivity contribution is 0.640. The van der Waals surface area contributed by atoms with Crippen molar-refractivity contribution in [3.63, 3.8) is 0 Å². The third-order valence-corrected chi connectivity index (χ3v) is 5.31. The molecule has 2 N–H and O–H groups in total. The van der Waals surface area contributed by atoms with Gasteiger partial charge in [0.2, 0.25) is 0 Å². The molecule has 0 saturated heterocycles. The van der Waals surface area contributed by atoms with Gasteiger partial charge in [-0.3, -0.25) is 4.68 Å². The molecular weight excluding hydrogens is 324 g/mol. The lowest BCUT2D eigenvalue weighted by atomic mass is 10.1. The number of hydrogen-bond acceptors (Lipinski definition) is 4. The number of aryl methyl sites for hydroxylation is 4. The largest absolute Gasteiger partial charge is 0.323 e. The van der Waals surface area contributed by atoms with E-state index in [2.05, 4.69) is 32.9 Å². The van der Waals surface area contributed by atoms with Crippen LogP contribution in [-0.4, -0.2) is 14.8 Å². The molecule has 0 amide bonds. The van der Waals surface area contributed by atoms with Gasteiger partial charge in [0, 0.05) is 24.4 Å². The maximum absolute atomic E-state index is 6.34. The fourth-order valence-electron chi connectivity index (χ4n) is 2.23. The number of nitrogens with two attached hydrogens (primary N) is 1. The minimum absolute atomic E-state index is 0.0254. The van der Waals surface area contributed by atoms with Gasteiger partial charge in [0.05, 0.1) is 26.6 Å². The third-order valence-electron chi connectivity index (χ3n) is 3.19. The number of halogens is 1. The van der Waals surface area contributed by atoms with Crippen LogP contribution in [0, 0.1) is 13.8 Å². The number of aromatic nitrogens is 3. The van der Waals surface area contributed by atoms with E-state index in [9.17, 15) is 0 Å². The summed E-state index contributed by atoms with van der Waals surface area (Å²) in [7, 11) is 1.97. The first kappa shape index (κ1) is 14.7. The zero-order valence-corrected chi connectivity index (χ0v) is 14.1. The summed E-state index contributed by atoms with van der Waals surface area (Å²) in [6.07, 6.45) is 1.69. The van der Waals surface area contributed by atoms with E-state index in [-0.39, 0.29) is 6.04 Å². The van der Waals surface area contributed by atoms with E-state index >= 15 is 0 Å². The van der Waals surface area contributed by atoms with Gasteiger partial charge in [-0.1, -0.05) is 6.92 Å². The molecule has 2 aromatic rings. The van der Waals surface area contributed by atoms with Crippen LogP contribution in [0.15, 0.2) is 4.47 Å². The average molecular weight is 343 g/mol. The fraction of sp³-hybridized carbons (Fsp3) is 0.538. The molecule has 4 nitrogen and oxygen atoms in total. The van der Waals surface area contributed by atoms with Crippen molar-refractivity contribution in [1.29, 1.82) is 0 Å². The molecule has 104 valence electrons. The highest BCUT2D eigenvalue weighted by Crippen LogP contribution is 2.29. The van der Waals surface area contributed by atoms with Gasteiger partial charge in [0.15, 0.2) is 0 Å². The Kier molecular flexibility index (Phi) is 4.43. The van der Waals surface area contributed by atoms with Crippen LogP contribution >= 0.6 is 27.3 Å². The van der Waals surface area contributed by atoms with Gasteiger partial charge in [0.25, 0.3) is 0 Å². The minimum Gasteiger partial charge on any atom is -0.323 e. The Morgan fingerprint density at radius 2 is 2.11 bits per heavy atom. The van der Waals surface area contributed by atoms with Crippen LogP contribution in [0.4, 0.5) is 0 Å². The molecule has 0 aliphatic heterocycles. The molecule has 6 heteroatoms. The van der Waals surface area contributed by atoms with Crippen molar-refractivity contribution in [3.8, 4) is 0 Å². The zero-order chi connectivity index (χ0) is 14.2. The lowest BCUT2D eigenvalue weighted by Gasteiger charge is -2.11. The summed E-state index contributed by atoms with van der Waals surface area (Å²) in [6.45, 7) is 6.14. The van der Waals surface area contributed by atoms with Crippen LogP contribution in [0.5, 0.6) is 0 Å². The number of nitrogens with zero attached hydrogens (tertiary/aromatic N) is 3. The highest BCUT2D eigenvalue weighted by atomic mass is 79.9. The van der Waals surface area contributed by atoms with Gasteiger partial charge in [-0.2, -0.15) is 5.10 Å². The van der Waals surface area contributed by atoms with Gasteiger partial charge in [-0.05, 0) is 36.2 Å². The summed E-state index contributed by atoms with van der Waals surface area (Å²) in [5.74, 6) is 0. The Balaban J connectivity index is 2.26. The molecule has 0 radical (unpaired) electrons. The summed E-state index contributed by atoms with van der Waals surface area (Å²) in [5, 5.41) is 5.58. The van der Waals surface area contributed by atoms with Gasteiger partial charge >= 0.3 is 0 Å². The van der Waals surface area contributed by atoms with E-state index in [4.69, 9.17) is 5.73 Å². The molecule has 0 aliphatic carbocycles. The maximum atomic E-state index is 6.34. The van der Waals surface area contributed by atoms with Gasteiger partial charge in [-0.25, -0.2) is 4.98 Å². The second-order valence-corrected chi connectivity index (χ2v) is 6.71. The first-order valence-electron chi connectivity index (χ1n) is 6.33. The zero-order valence-electron chi connectivity index (χ0n) is 11.7.